The lowest BCUT2D eigenvalue weighted by Crippen LogP contribution is -2.24. The molecule has 1 aromatic heterocycles. The molecule has 0 bridgehead atoms. The van der Waals surface area contributed by atoms with Gasteiger partial charge >= 0.3 is 0 Å². The maximum absolute atomic E-state index is 9.06. The summed E-state index contributed by atoms with van der Waals surface area (Å²) in [5, 5.41) is 12.4. The van der Waals surface area contributed by atoms with Crippen LogP contribution >= 0.6 is 0 Å². The third kappa shape index (κ3) is 4.35. The molecule has 1 heterocycles. The summed E-state index contributed by atoms with van der Waals surface area (Å²) in [6.45, 7) is 10.0. The standard InChI is InChI=1S/C14H24N2O/c1-10(2)13(11(3)4)8-16-14-7-12(9-17)5-6-15-14/h5-7,10-11,13,17H,8-9H2,1-4H3,(H,15,16). The first kappa shape index (κ1) is 14.0. The Morgan fingerprint density at radius 3 is 2.41 bits per heavy atom. The summed E-state index contributed by atoms with van der Waals surface area (Å²) in [7, 11) is 0. The van der Waals surface area contributed by atoms with Crippen LogP contribution in [0, 0.1) is 17.8 Å². The SMILES string of the molecule is CC(C)C(CNc1cc(CO)ccn1)C(C)C. The Labute approximate surface area is 104 Å². The molecule has 0 spiro atoms. The van der Waals surface area contributed by atoms with Gasteiger partial charge in [0.1, 0.15) is 5.82 Å². The van der Waals surface area contributed by atoms with Crippen molar-refractivity contribution < 1.29 is 5.11 Å². The van der Waals surface area contributed by atoms with E-state index in [-0.39, 0.29) is 6.61 Å². The Balaban J connectivity index is 2.59. The second kappa shape index (κ2) is 6.60. The van der Waals surface area contributed by atoms with E-state index in [1.807, 2.05) is 12.1 Å². The molecular formula is C14H24N2O. The second-order valence-electron chi connectivity index (χ2n) is 5.24. The van der Waals surface area contributed by atoms with Crippen molar-refractivity contribution >= 4 is 5.82 Å². The van der Waals surface area contributed by atoms with E-state index in [1.54, 1.807) is 6.20 Å². The van der Waals surface area contributed by atoms with Gasteiger partial charge in [0.05, 0.1) is 6.61 Å². The van der Waals surface area contributed by atoms with Gasteiger partial charge in [-0.15, -0.1) is 0 Å². The fourth-order valence-corrected chi connectivity index (χ4v) is 2.13. The highest BCUT2D eigenvalue weighted by Gasteiger charge is 2.17. The molecule has 3 heteroatoms. The van der Waals surface area contributed by atoms with Crippen molar-refractivity contribution in [3.05, 3.63) is 23.9 Å². The third-order valence-electron chi connectivity index (χ3n) is 3.24. The summed E-state index contributed by atoms with van der Waals surface area (Å²) >= 11 is 0. The van der Waals surface area contributed by atoms with Crippen molar-refractivity contribution in [2.75, 3.05) is 11.9 Å². The van der Waals surface area contributed by atoms with Gasteiger partial charge in [-0.3, -0.25) is 0 Å². The highest BCUT2D eigenvalue weighted by Crippen LogP contribution is 2.21. The van der Waals surface area contributed by atoms with Crippen LogP contribution in [0.4, 0.5) is 5.82 Å². The maximum atomic E-state index is 9.06. The minimum absolute atomic E-state index is 0.0645. The molecule has 0 unspecified atom stereocenters. The summed E-state index contributed by atoms with van der Waals surface area (Å²) in [5.74, 6) is 2.80. The van der Waals surface area contributed by atoms with Gasteiger partial charge in [-0.05, 0) is 35.4 Å². The van der Waals surface area contributed by atoms with Gasteiger partial charge in [0, 0.05) is 12.7 Å². The molecule has 0 atom stereocenters. The van der Waals surface area contributed by atoms with Gasteiger partial charge in [0.25, 0.3) is 0 Å². The fourth-order valence-electron chi connectivity index (χ4n) is 2.13. The van der Waals surface area contributed by atoms with Crippen molar-refractivity contribution in [1.29, 1.82) is 0 Å². The minimum atomic E-state index is 0.0645. The summed E-state index contributed by atoms with van der Waals surface area (Å²) in [5.41, 5.74) is 0.896. The number of nitrogens with zero attached hydrogens (tertiary/aromatic N) is 1. The number of nitrogens with one attached hydrogen (secondary N) is 1. The highest BCUT2D eigenvalue weighted by molar-refractivity contribution is 5.37. The Hall–Kier alpha value is -1.09. The summed E-state index contributed by atoms with van der Waals surface area (Å²) in [6, 6.07) is 3.73. The molecule has 0 saturated heterocycles. The van der Waals surface area contributed by atoms with Crippen molar-refractivity contribution in [3.8, 4) is 0 Å². The van der Waals surface area contributed by atoms with E-state index >= 15 is 0 Å². The van der Waals surface area contributed by atoms with Crippen LogP contribution in [0.1, 0.15) is 33.3 Å². The van der Waals surface area contributed by atoms with Crippen LogP contribution in [-0.4, -0.2) is 16.6 Å². The molecule has 0 amide bonds. The first-order valence-corrected chi connectivity index (χ1v) is 6.34. The number of hydrogen-bond acceptors (Lipinski definition) is 3. The van der Waals surface area contributed by atoms with Gasteiger partial charge in [-0.25, -0.2) is 4.98 Å². The van der Waals surface area contributed by atoms with Gasteiger partial charge < -0.3 is 10.4 Å². The molecule has 0 radical (unpaired) electrons. The van der Waals surface area contributed by atoms with E-state index in [2.05, 4.69) is 38.0 Å². The highest BCUT2D eigenvalue weighted by atomic mass is 16.3. The fraction of sp³-hybridized carbons (Fsp3) is 0.643. The molecule has 17 heavy (non-hydrogen) atoms. The van der Waals surface area contributed by atoms with E-state index in [1.165, 1.54) is 0 Å². The minimum Gasteiger partial charge on any atom is -0.392 e. The number of rotatable bonds is 6. The van der Waals surface area contributed by atoms with Crippen LogP contribution in [0.25, 0.3) is 0 Å². The molecule has 2 N–H and O–H groups in total. The number of aliphatic hydroxyl groups is 1. The van der Waals surface area contributed by atoms with E-state index in [9.17, 15) is 0 Å². The molecule has 0 aliphatic rings. The molecule has 0 fully saturated rings. The van der Waals surface area contributed by atoms with E-state index in [0.717, 1.165) is 17.9 Å². The number of anilines is 1. The van der Waals surface area contributed by atoms with Gasteiger partial charge in [-0.1, -0.05) is 27.7 Å². The van der Waals surface area contributed by atoms with E-state index in [4.69, 9.17) is 5.11 Å². The predicted octanol–water partition coefficient (Wildman–Crippen LogP) is 2.91. The van der Waals surface area contributed by atoms with Crippen LogP contribution in [-0.2, 0) is 6.61 Å². The predicted molar refractivity (Wildman–Crippen MR) is 71.8 cm³/mol. The monoisotopic (exact) mass is 236 g/mol. The maximum Gasteiger partial charge on any atom is 0.126 e. The molecule has 1 aromatic rings. The first-order chi connectivity index (χ1) is 8.04. The lowest BCUT2D eigenvalue weighted by Gasteiger charge is -2.25. The molecule has 3 nitrogen and oxygen atoms in total. The normalized spacial score (nSPS) is 11.5. The van der Waals surface area contributed by atoms with Gasteiger partial charge in [0.2, 0.25) is 0 Å². The van der Waals surface area contributed by atoms with E-state index in [0.29, 0.717) is 17.8 Å². The summed E-state index contributed by atoms with van der Waals surface area (Å²) in [4.78, 5) is 4.26. The first-order valence-electron chi connectivity index (χ1n) is 6.34. The summed E-state index contributed by atoms with van der Waals surface area (Å²) in [6.07, 6.45) is 1.73. The van der Waals surface area contributed by atoms with Crippen LogP contribution in [0.2, 0.25) is 0 Å². The van der Waals surface area contributed by atoms with E-state index < -0.39 is 0 Å². The van der Waals surface area contributed by atoms with Gasteiger partial charge in [0.15, 0.2) is 0 Å². The van der Waals surface area contributed by atoms with Crippen LogP contribution in [0.3, 0.4) is 0 Å². The van der Waals surface area contributed by atoms with Crippen LogP contribution < -0.4 is 5.32 Å². The Morgan fingerprint density at radius 1 is 1.24 bits per heavy atom. The van der Waals surface area contributed by atoms with Crippen LogP contribution in [0.5, 0.6) is 0 Å². The van der Waals surface area contributed by atoms with Gasteiger partial charge in [-0.2, -0.15) is 0 Å². The molecular weight excluding hydrogens is 212 g/mol. The number of aliphatic hydroxyl groups excluding tert-OH is 1. The molecule has 0 aliphatic heterocycles. The van der Waals surface area contributed by atoms with Crippen LogP contribution in [0.15, 0.2) is 18.3 Å². The number of aromatic nitrogens is 1. The zero-order valence-corrected chi connectivity index (χ0v) is 11.3. The average Bonchev–Trinajstić information content (AvgIpc) is 2.28. The summed E-state index contributed by atoms with van der Waals surface area (Å²) < 4.78 is 0. The number of hydrogen-bond donors (Lipinski definition) is 2. The average molecular weight is 236 g/mol. The lowest BCUT2D eigenvalue weighted by atomic mass is 9.85. The van der Waals surface area contributed by atoms with Crippen molar-refractivity contribution in [2.45, 2.75) is 34.3 Å². The van der Waals surface area contributed by atoms with Crippen molar-refractivity contribution in [1.82, 2.24) is 4.98 Å². The second-order valence-corrected chi connectivity index (χ2v) is 5.24. The smallest absolute Gasteiger partial charge is 0.126 e. The molecule has 0 aliphatic carbocycles. The topological polar surface area (TPSA) is 45.1 Å². The zero-order valence-electron chi connectivity index (χ0n) is 11.3. The molecule has 0 aromatic carbocycles. The lowest BCUT2D eigenvalue weighted by molar-refractivity contribution is 0.281. The Bertz CT molecular complexity index is 329. The zero-order chi connectivity index (χ0) is 12.8. The Kier molecular flexibility index (Phi) is 5.42. The largest absolute Gasteiger partial charge is 0.392 e. The number of pyridine rings is 1. The molecule has 1 rings (SSSR count). The van der Waals surface area contributed by atoms with Crippen molar-refractivity contribution in [3.63, 3.8) is 0 Å². The third-order valence-corrected chi connectivity index (χ3v) is 3.24. The molecule has 96 valence electrons. The quantitative estimate of drug-likeness (QED) is 0.798. The van der Waals surface area contributed by atoms with Crippen molar-refractivity contribution in [2.24, 2.45) is 17.8 Å². The Morgan fingerprint density at radius 2 is 1.88 bits per heavy atom. The molecule has 0 saturated carbocycles.